The van der Waals surface area contributed by atoms with Gasteiger partial charge in [-0.3, -0.25) is 0 Å². The van der Waals surface area contributed by atoms with Crippen LogP contribution >= 0.6 is 11.8 Å². The van der Waals surface area contributed by atoms with E-state index in [1.54, 1.807) is 0 Å². The highest BCUT2D eigenvalue weighted by Gasteiger charge is 2.33. The molecule has 4 nitrogen and oxygen atoms in total. The summed E-state index contributed by atoms with van der Waals surface area (Å²) in [4.78, 5) is 14.6. The Balaban J connectivity index is 1.77. The Morgan fingerprint density at radius 1 is 1.28 bits per heavy atom. The molecule has 1 aromatic carbocycles. The molecule has 0 aliphatic heterocycles. The molecule has 0 bridgehead atoms. The van der Waals surface area contributed by atoms with Crippen LogP contribution in [0.4, 0.5) is 13.2 Å². The Labute approximate surface area is 171 Å². The molecule has 1 aromatic heterocycles. The van der Waals surface area contributed by atoms with E-state index >= 15 is 0 Å². The number of thioether (sulfide) groups is 1. The summed E-state index contributed by atoms with van der Waals surface area (Å²) in [7, 11) is 0. The molecule has 3 rings (SSSR count). The number of hydrogen-bond donors (Lipinski definition) is 1. The van der Waals surface area contributed by atoms with E-state index in [1.807, 2.05) is 38.1 Å². The topological polar surface area (TPSA) is 59.4 Å². The lowest BCUT2D eigenvalue weighted by molar-refractivity contribution is -0.146. The van der Waals surface area contributed by atoms with E-state index in [9.17, 15) is 18.0 Å². The molecule has 0 unspecified atom stereocenters. The van der Waals surface area contributed by atoms with Crippen molar-refractivity contribution in [1.29, 1.82) is 0 Å². The number of carbonyl (C=O) groups is 1. The second-order valence-corrected chi connectivity index (χ2v) is 8.92. The zero-order valence-corrected chi connectivity index (χ0v) is 16.9. The zero-order chi connectivity index (χ0) is 21.2. The molecule has 1 saturated carbocycles. The van der Waals surface area contributed by atoms with Crippen LogP contribution in [0, 0.1) is 0 Å². The standard InChI is InChI=1S/C21H22F3NO3S/c1-12(2)29-20-18(9-16(10-25-20)21(22,23)24)14-5-3-13(4-6-14)15-7-17(8-15)28-11-19(26)27/h3-6,9-10,12,15,17H,7-8,11H2,1-2H3,(H,26,27)/t15-,17+. The van der Waals surface area contributed by atoms with Crippen LogP contribution in [0.25, 0.3) is 11.1 Å². The molecule has 29 heavy (non-hydrogen) atoms. The normalized spacial score (nSPS) is 19.2. The Hall–Kier alpha value is -2.06. The van der Waals surface area contributed by atoms with Gasteiger partial charge in [-0.25, -0.2) is 9.78 Å². The number of benzene rings is 1. The molecular weight excluding hydrogens is 403 g/mol. The molecule has 156 valence electrons. The summed E-state index contributed by atoms with van der Waals surface area (Å²) < 4.78 is 44.7. The highest BCUT2D eigenvalue weighted by atomic mass is 32.2. The van der Waals surface area contributed by atoms with Gasteiger partial charge < -0.3 is 9.84 Å². The molecule has 1 aliphatic carbocycles. The summed E-state index contributed by atoms with van der Waals surface area (Å²) >= 11 is 1.43. The van der Waals surface area contributed by atoms with Crippen molar-refractivity contribution < 1.29 is 27.8 Å². The van der Waals surface area contributed by atoms with E-state index in [0.29, 0.717) is 16.2 Å². The van der Waals surface area contributed by atoms with Gasteiger partial charge in [0.05, 0.1) is 11.7 Å². The molecule has 0 spiro atoms. The number of carboxylic acid groups (broad SMARTS) is 1. The average Bonchev–Trinajstić information content (AvgIpc) is 2.59. The first-order chi connectivity index (χ1) is 13.6. The van der Waals surface area contributed by atoms with Crippen molar-refractivity contribution in [1.82, 2.24) is 4.98 Å². The molecule has 1 fully saturated rings. The lowest BCUT2D eigenvalue weighted by Gasteiger charge is -2.35. The van der Waals surface area contributed by atoms with Gasteiger partial charge in [0.25, 0.3) is 0 Å². The van der Waals surface area contributed by atoms with Crippen LogP contribution in [0.2, 0.25) is 0 Å². The second-order valence-electron chi connectivity index (χ2n) is 7.36. The Morgan fingerprint density at radius 2 is 1.93 bits per heavy atom. The summed E-state index contributed by atoms with van der Waals surface area (Å²) in [6.07, 6.45) is -2.14. The maximum atomic E-state index is 13.2. The number of aromatic nitrogens is 1. The smallest absolute Gasteiger partial charge is 0.417 e. The van der Waals surface area contributed by atoms with Crippen molar-refractivity contribution in [3.63, 3.8) is 0 Å². The highest BCUT2D eigenvalue weighted by molar-refractivity contribution is 7.99. The van der Waals surface area contributed by atoms with E-state index in [1.165, 1.54) is 11.8 Å². The highest BCUT2D eigenvalue weighted by Crippen LogP contribution is 2.41. The van der Waals surface area contributed by atoms with Gasteiger partial charge in [-0.05, 0) is 36.0 Å². The van der Waals surface area contributed by atoms with Crippen LogP contribution in [-0.2, 0) is 15.7 Å². The maximum absolute atomic E-state index is 13.2. The molecule has 8 heteroatoms. The molecule has 1 aliphatic rings. The van der Waals surface area contributed by atoms with E-state index in [2.05, 4.69) is 4.98 Å². The number of rotatable bonds is 7. The number of pyridine rings is 1. The van der Waals surface area contributed by atoms with Crippen LogP contribution in [-0.4, -0.2) is 34.0 Å². The van der Waals surface area contributed by atoms with Gasteiger partial charge in [0.15, 0.2) is 0 Å². The molecule has 2 aromatic rings. The average molecular weight is 425 g/mol. The van der Waals surface area contributed by atoms with Crippen molar-refractivity contribution in [3.05, 3.63) is 47.7 Å². The van der Waals surface area contributed by atoms with Crippen LogP contribution in [0.3, 0.4) is 0 Å². The zero-order valence-electron chi connectivity index (χ0n) is 16.1. The molecule has 0 saturated heterocycles. The van der Waals surface area contributed by atoms with Gasteiger partial charge in [-0.15, -0.1) is 11.8 Å². The summed E-state index contributed by atoms with van der Waals surface area (Å²) in [5.74, 6) is -0.713. The Kier molecular flexibility index (Phi) is 6.53. The number of carboxylic acids is 1. The summed E-state index contributed by atoms with van der Waals surface area (Å²) in [6, 6.07) is 8.63. The number of alkyl halides is 3. The minimum atomic E-state index is -4.44. The number of nitrogens with zero attached hydrogens (tertiary/aromatic N) is 1. The Bertz CT molecular complexity index is 862. The van der Waals surface area contributed by atoms with E-state index in [-0.39, 0.29) is 23.9 Å². The van der Waals surface area contributed by atoms with E-state index < -0.39 is 17.7 Å². The number of ether oxygens (including phenoxy) is 1. The third-order valence-corrected chi connectivity index (χ3v) is 5.78. The van der Waals surface area contributed by atoms with Gasteiger partial charge in [0.1, 0.15) is 11.6 Å². The largest absolute Gasteiger partial charge is 0.480 e. The third-order valence-electron chi connectivity index (χ3n) is 4.76. The summed E-state index contributed by atoms with van der Waals surface area (Å²) in [6.45, 7) is 3.64. The minimum Gasteiger partial charge on any atom is -0.480 e. The number of aliphatic carboxylic acids is 1. The monoisotopic (exact) mass is 425 g/mol. The van der Waals surface area contributed by atoms with Crippen molar-refractivity contribution in [2.75, 3.05) is 6.61 Å². The van der Waals surface area contributed by atoms with E-state index in [4.69, 9.17) is 9.84 Å². The third kappa shape index (κ3) is 5.51. The van der Waals surface area contributed by atoms with Crippen molar-refractivity contribution in [2.45, 2.75) is 55.2 Å². The SMILES string of the molecule is CC(C)Sc1ncc(C(F)(F)F)cc1-c1ccc([C@H]2C[C@@H](OCC(=O)O)C2)cc1. The molecule has 0 amide bonds. The fourth-order valence-corrected chi connectivity index (χ4v) is 4.09. The molecule has 0 atom stereocenters. The predicted molar refractivity (Wildman–Crippen MR) is 105 cm³/mol. The minimum absolute atomic E-state index is 0.0579. The van der Waals surface area contributed by atoms with Crippen molar-refractivity contribution in [2.24, 2.45) is 0 Å². The first kappa shape index (κ1) is 21.6. The number of halogens is 3. The lowest BCUT2D eigenvalue weighted by Crippen LogP contribution is -2.31. The maximum Gasteiger partial charge on any atom is 0.417 e. The lowest BCUT2D eigenvalue weighted by atomic mass is 9.77. The van der Waals surface area contributed by atoms with Gasteiger partial charge in [0.2, 0.25) is 0 Å². The fourth-order valence-electron chi connectivity index (χ4n) is 3.23. The quantitative estimate of drug-likeness (QED) is 0.584. The van der Waals surface area contributed by atoms with Crippen LogP contribution in [0.5, 0.6) is 0 Å². The van der Waals surface area contributed by atoms with Crippen LogP contribution in [0.1, 0.15) is 43.7 Å². The predicted octanol–water partition coefficient (Wildman–Crippen LogP) is 5.62. The molecule has 0 radical (unpaired) electrons. The molecule has 1 N–H and O–H groups in total. The first-order valence-electron chi connectivity index (χ1n) is 9.31. The van der Waals surface area contributed by atoms with Gasteiger partial charge in [-0.1, -0.05) is 38.1 Å². The summed E-state index contributed by atoms with van der Waals surface area (Å²) in [5, 5.41) is 9.41. The van der Waals surface area contributed by atoms with Gasteiger partial charge in [0, 0.05) is 17.0 Å². The second kappa shape index (κ2) is 8.75. The first-order valence-corrected chi connectivity index (χ1v) is 10.2. The van der Waals surface area contributed by atoms with Gasteiger partial charge >= 0.3 is 12.1 Å². The molecule has 1 heterocycles. The van der Waals surface area contributed by atoms with Crippen molar-refractivity contribution >= 4 is 17.7 Å². The van der Waals surface area contributed by atoms with Crippen molar-refractivity contribution in [3.8, 4) is 11.1 Å². The van der Waals surface area contributed by atoms with E-state index in [0.717, 1.165) is 30.7 Å². The summed E-state index contributed by atoms with van der Waals surface area (Å²) in [5.41, 5.74) is 1.47. The number of hydrogen-bond acceptors (Lipinski definition) is 4. The fraction of sp³-hybridized carbons (Fsp3) is 0.429. The van der Waals surface area contributed by atoms with Gasteiger partial charge in [-0.2, -0.15) is 13.2 Å². The Morgan fingerprint density at radius 3 is 2.48 bits per heavy atom. The van der Waals surface area contributed by atoms with Crippen LogP contribution < -0.4 is 0 Å². The van der Waals surface area contributed by atoms with Crippen LogP contribution in [0.15, 0.2) is 41.6 Å². The molecular formula is C21H22F3NO3S.